The maximum absolute atomic E-state index is 5.27. The van der Waals surface area contributed by atoms with Crippen LogP contribution in [0.3, 0.4) is 0 Å². The second kappa shape index (κ2) is 9.29. The van der Waals surface area contributed by atoms with Gasteiger partial charge in [0.25, 0.3) is 0 Å². The SMILES string of the molecule is CCCCCSCC(NC)c1cccc(OC)c1. The van der Waals surface area contributed by atoms with Crippen molar-refractivity contribution in [3.8, 4) is 5.75 Å². The quantitative estimate of drug-likeness (QED) is 0.686. The molecule has 0 fully saturated rings. The lowest BCUT2D eigenvalue weighted by atomic mass is 10.1. The number of benzene rings is 1. The van der Waals surface area contributed by atoms with Crippen LogP contribution in [0.1, 0.15) is 37.8 Å². The van der Waals surface area contributed by atoms with Gasteiger partial charge < -0.3 is 10.1 Å². The number of unbranched alkanes of at least 4 members (excludes halogenated alkanes) is 2. The molecule has 18 heavy (non-hydrogen) atoms. The summed E-state index contributed by atoms with van der Waals surface area (Å²) >= 11 is 2.03. The van der Waals surface area contributed by atoms with E-state index in [0.29, 0.717) is 6.04 Å². The minimum Gasteiger partial charge on any atom is -0.497 e. The first-order valence-electron chi connectivity index (χ1n) is 6.70. The summed E-state index contributed by atoms with van der Waals surface area (Å²) < 4.78 is 5.27. The van der Waals surface area contributed by atoms with Gasteiger partial charge in [0.2, 0.25) is 0 Å². The number of rotatable bonds is 9. The van der Waals surface area contributed by atoms with Crippen LogP contribution in [-0.2, 0) is 0 Å². The molecule has 1 aromatic carbocycles. The van der Waals surface area contributed by atoms with Crippen molar-refractivity contribution in [1.29, 1.82) is 0 Å². The van der Waals surface area contributed by atoms with Crippen molar-refractivity contribution in [2.75, 3.05) is 25.7 Å². The molecule has 1 aromatic rings. The van der Waals surface area contributed by atoms with E-state index in [1.54, 1.807) is 7.11 Å². The van der Waals surface area contributed by atoms with Crippen LogP contribution in [0.2, 0.25) is 0 Å². The first kappa shape index (κ1) is 15.4. The summed E-state index contributed by atoms with van der Waals surface area (Å²) in [6, 6.07) is 8.74. The normalized spacial score (nSPS) is 12.4. The molecule has 0 spiro atoms. The molecule has 0 heterocycles. The third-order valence-corrected chi connectivity index (χ3v) is 4.17. The molecule has 0 aliphatic carbocycles. The zero-order chi connectivity index (χ0) is 13.2. The highest BCUT2D eigenvalue weighted by Crippen LogP contribution is 2.22. The molecule has 0 aromatic heterocycles. The Morgan fingerprint density at radius 1 is 1.33 bits per heavy atom. The molecule has 0 amide bonds. The minimum atomic E-state index is 0.409. The molecule has 1 rings (SSSR count). The van der Waals surface area contributed by atoms with Crippen LogP contribution in [0.4, 0.5) is 0 Å². The van der Waals surface area contributed by atoms with Gasteiger partial charge in [-0.05, 0) is 36.9 Å². The predicted molar refractivity (Wildman–Crippen MR) is 81.6 cm³/mol. The molecule has 0 saturated carbocycles. The van der Waals surface area contributed by atoms with E-state index in [9.17, 15) is 0 Å². The van der Waals surface area contributed by atoms with Crippen LogP contribution in [0.25, 0.3) is 0 Å². The minimum absolute atomic E-state index is 0.409. The third-order valence-electron chi connectivity index (χ3n) is 3.02. The molecule has 0 aliphatic rings. The van der Waals surface area contributed by atoms with Crippen molar-refractivity contribution in [2.45, 2.75) is 32.2 Å². The van der Waals surface area contributed by atoms with E-state index in [1.807, 2.05) is 24.9 Å². The smallest absolute Gasteiger partial charge is 0.119 e. The molecule has 1 atom stereocenters. The van der Waals surface area contributed by atoms with Gasteiger partial charge in [-0.2, -0.15) is 11.8 Å². The zero-order valence-corrected chi connectivity index (χ0v) is 12.6. The maximum atomic E-state index is 5.27. The summed E-state index contributed by atoms with van der Waals surface area (Å²) in [4.78, 5) is 0. The first-order valence-corrected chi connectivity index (χ1v) is 7.86. The van der Waals surface area contributed by atoms with Crippen molar-refractivity contribution < 1.29 is 4.74 Å². The molecule has 1 N–H and O–H groups in total. The summed E-state index contributed by atoms with van der Waals surface area (Å²) in [5, 5.41) is 3.38. The molecule has 0 aliphatic heterocycles. The molecular weight excluding hydrogens is 242 g/mol. The van der Waals surface area contributed by atoms with Gasteiger partial charge >= 0.3 is 0 Å². The van der Waals surface area contributed by atoms with E-state index in [-0.39, 0.29) is 0 Å². The van der Waals surface area contributed by atoms with Gasteiger partial charge in [0.1, 0.15) is 5.75 Å². The van der Waals surface area contributed by atoms with Crippen LogP contribution in [0.5, 0.6) is 5.75 Å². The van der Waals surface area contributed by atoms with Gasteiger partial charge in [-0.3, -0.25) is 0 Å². The average Bonchev–Trinajstić information content (AvgIpc) is 2.43. The van der Waals surface area contributed by atoms with Crippen LogP contribution in [0.15, 0.2) is 24.3 Å². The summed E-state index contributed by atoms with van der Waals surface area (Å²) in [6.45, 7) is 2.25. The standard InChI is InChI=1S/C15H25NOS/c1-4-5-6-10-18-12-15(16-2)13-8-7-9-14(11-13)17-3/h7-9,11,15-16H,4-6,10,12H2,1-3H3. The van der Waals surface area contributed by atoms with Crippen molar-refractivity contribution in [2.24, 2.45) is 0 Å². The second-order valence-corrected chi connectivity index (χ2v) is 5.55. The van der Waals surface area contributed by atoms with E-state index < -0.39 is 0 Å². The molecule has 0 radical (unpaired) electrons. The fourth-order valence-electron chi connectivity index (χ4n) is 1.86. The third kappa shape index (κ3) is 5.32. The van der Waals surface area contributed by atoms with Gasteiger partial charge in [-0.1, -0.05) is 31.9 Å². The van der Waals surface area contributed by atoms with Gasteiger partial charge in [-0.25, -0.2) is 0 Å². The van der Waals surface area contributed by atoms with Gasteiger partial charge in [0.05, 0.1) is 7.11 Å². The lowest BCUT2D eigenvalue weighted by Gasteiger charge is -2.17. The summed E-state index contributed by atoms with van der Waals surface area (Å²) in [5.41, 5.74) is 1.31. The van der Waals surface area contributed by atoms with E-state index in [4.69, 9.17) is 4.74 Å². The number of nitrogens with one attached hydrogen (secondary N) is 1. The fourth-order valence-corrected chi connectivity index (χ4v) is 3.03. The Hall–Kier alpha value is -0.670. The van der Waals surface area contributed by atoms with Crippen LogP contribution >= 0.6 is 11.8 Å². The lowest BCUT2D eigenvalue weighted by Crippen LogP contribution is -2.18. The number of hydrogen-bond acceptors (Lipinski definition) is 3. The van der Waals surface area contributed by atoms with E-state index in [2.05, 4.69) is 30.4 Å². The van der Waals surface area contributed by atoms with Gasteiger partial charge in [0.15, 0.2) is 0 Å². The molecule has 2 nitrogen and oxygen atoms in total. The fraction of sp³-hybridized carbons (Fsp3) is 0.600. The molecule has 0 bridgehead atoms. The van der Waals surface area contributed by atoms with Crippen molar-refractivity contribution in [3.05, 3.63) is 29.8 Å². The number of hydrogen-bond donors (Lipinski definition) is 1. The Kier molecular flexibility index (Phi) is 7.94. The molecule has 102 valence electrons. The summed E-state index contributed by atoms with van der Waals surface area (Å²) in [5.74, 6) is 3.31. The number of ether oxygens (including phenoxy) is 1. The lowest BCUT2D eigenvalue weighted by molar-refractivity contribution is 0.413. The Balaban J connectivity index is 2.44. The zero-order valence-electron chi connectivity index (χ0n) is 11.7. The maximum Gasteiger partial charge on any atom is 0.119 e. The van der Waals surface area contributed by atoms with Crippen LogP contribution in [-0.4, -0.2) is 25.7 Å². The first-order chi connectivity index (χ1) is 8.81. The van der Waals surface area contributed by atoms with Crippen LogP contribution < -0.4 is 10.1 Å². The highest BCUT2D eigenvalue weighted by atomic mass is 32.2. The number of thioether (sulfide) groups is 1. The predicted octanol–water partition coefficient (Wildman–Crippen LogP) is 3.88. The Morgan fingerprint density at radius 2 is 2.17 bits per heavy atom. The highest BCUT2D eigenvalue weighted by molar-refractivity contribution is 7.99. The van der Waals surface area contributed by atoms with Gasteiger partial charge in [-0.15, -0.1) is 0 Å². The highest BCUT2D eigenvalue weighted by Gasteiger charge is 2.09. The van der Waals surface area contributed by atoms with Crippen molar-refractivity contribution in [1.82, 2.24) is 5.32 Å². The monoisotopic (exact) mass is 267 g/mol. The Bertz CT molecular complexity index is 330. The molecule has 1 unspecified atom stereocenters. The Labute approximate surface area is 116 Å². The van der Waals surface area contributed by atoms with Gasteiger partial charge in [0, 0.05) is 11.8 Å². The molecule has 3 heteroatoms. The van der Waals surface area contributed by atoms with E-state index in [0.717, 1.165) is 11.5 Å². The van der Waals surface area contributed by atoms with E-state index >= 15 is 0 Å². The summed E-state index contributed by atoms with van der Waals surface area (Å²) in [6.07, 6.45) is 3.97. The molecular formula is C15H25NOS. The Morgan fingerprint density at radius 3 is 2.83 bits per heavy atom. The topological polar surface area (TPSA) is 21.3 Å². The average molecular weight is 267 g/mol. The van der Waals surface area contributed by atoms with Crippen molar-refractivity contribution >= 4 is 11.8 Å². The summed E-state index contributed by atoms with van der Waals surface area (Å²) in [7, 11) is 3.74. The van der Waals surface area contributed by atoms with Crippen molar-refractivity contribution in [3.63, 3.8) is 0 Å². The second-order valence-electron chi connectivity index (χ2n) is 4.40. The largest absolute Gasteiger partial charge is 0.497 e. The van der Waals surface area contributed by atoms with E-state index in [1.165, 1.54) is 30.6 Å². The number of methoxy groups -OCH3 is 1. The molecule has 0 saturated heterocycles. The van der Waals surface area contributed by atoms with Crippen LogP contribution in [0, 0.1) is 0 Å².